The lowest BCUT2D eigenvalue weighted by Gasteiger charge is -2.36. The molecule has 0 aromatic carbocycles. The predicted molar refractivity (Wildman–Crippen MR) is 57.9 cm³/mol. The number of rotatable bonds is 4. The van der Waals surface area contributed by atoms with Crippen molar-refractivity contribution in [1.82, 2.24) is 4.90 Å². The van der Waals surface area contributed by atoms with Gasteiger partial charge in [0.25, 0.3) is 0 Å². The third kappa shape index (κ3) is 3.18. The minimum Gasteiger partial charge on any atom is -0.481 e. The van der Waals surface area contributed by atoms with Crippen LogP contribution in [0.5, 0.6) is 0 Å². The van der Waals surface area contributed by atoms with E-state index in [2.05, 4.69) is 4.90 Å². The Labute approximate surface area is 91.2 Å². The fourth-order valence-corrected chi connectivity index (χ4v) is 1.86. The lowest BCUT2D eigenvalue weighted by Crippen LogP contribution is -2.48. The summed E-state index contributed by atoms with van der Waals surface area (Å²) in [4.78, 5) is 13.3. The highest BCUT2D eigenvalue weighted by Crippen LogP contribution is 2.23. The summed E-state index contributed by atoms with van der Waals surface area (Å²) in [5.74, 6) is -0.704. The zero-order chi connectivity index (χ0) is 11.5. The van der Waals surface area contributed by atoms with Crippen LogP contribution in [0.15, 0.2) is 0 Å². The molecular weight excluding hydrogens is 194 g/mol. The molecular formula is C11H21NO3. The molecule has 0 amide bonds. The second-order valence-electron chi connectivity index (χ2n) is 4.64. The van der Waals surface area contributed by atoms with Crippen molar-refractivity contribution in [2.75, 3.05) is 26.2 Å². The van der Waals surface area contributed by atoms with E-state index in [9.17, 15) is 9.90 Å². The van der Waals surface area contributed by atoms with Crippen molar-refractivity contribution >= 4 is 5.97 Å². The van der Waals surface area contributed by atoms with E-state index in [0.717, 1.165) is 13.1 Å². The van der Waals surface area contributed by atoms with Gasteiger partial charge in [-0.3, -0.25) is 9.69 Å². The summed E-state index contributed by atoms with van der Waals surface area (Å²) in [6, 6.07) is 0. The molecule has 0 aromatic rings. The van der Waals surface area contributed by atoms with Crippen LogP contribution in [0.3, 0.4) is 0 Å². The molecule has 1 rings (SSSR count). The summed E-state index contributed by atoms with van der Waals surface area (Å²) in [5, 5.41) is 9.17. The summed E-state index contributed by atoms with van der Waals surface area (Å²) in [5.41, 5.74) is -0.628. The maximum Gasteiger partial charge on any atom is 0.310 e. The number of hydrogen-bond donors (Lipinski definition) is 1. The summed E-state index contributed by atoms with van der Waals surface area (Å²) in [6.45, 7) is 8.77. The summed E-state index contributed by atoms with van der Waals surface area (Å²) in [7, 11) is 0. The molecule has 2 unspecified atom stereocenters. The van der Waals surface area contributed by atoms with Crippen molar-refractivity contribution in [3.05, 3.63) is 0 Å². The Hall–Kier alpha value is -0.610. The Morgan fingerprint density at radius 1 is 1.67 bits per heavy atom. The van der Waals surface area contributed by atoms with Gasteiger partial charge in [0.2, 0.25) is 0 Å². The molecule has 0 bridgehead atoms. The first-order valence-corrected chi connectivity index (χ1v) is 5.55. The highest BCUT2D eigenvalue weighted by Gasteiger charge is 2.34. The van der Waals surface area contributed by atoms with Crippen molar-refractivity contribution in [1.29, 1.82) is 0 Å². The number of morpholine rings is 1. The molecule has 1 aliphatic rings. The molecule has 4 nitrogen and oxygen atoms in total. The quantitative estimate of drug-likeness (QED) is 0.765. The van der Waals surface area contributed by atoms with E-state index in [4.69, 9.17) is 4.74 Å². The van der Waals surface area contributed by atoms with Crippen LogP contribution in [-0.2, 0) is 9.53 Å². The summed E-state index contributed by atoms with van der Waals surface area (Å²) in [6.07, 6.45) is 0.877. The fraction of sp³-hybridized carbons (Fsp3) is 0.909. The number of carboxylic acids is 1. The molecule has 0 radical (unpaired) electrons. The fourth-order valence-electron chi connectivity index (χ4n) is 1.86. The van der Waals surface area contributed by atoms with Gasteiger partial charge < -0.3 is 9.84 Å². The lowest BCUT2D eigenvalue weighted by atomic mass is 9.87. The molecule has 0 aromatic heterocycles. The molecule has 2 atom stereocenters. The summed E-state index contributed by atoms with van der Waals surface area (Å²) < 4.78 is 5.43. The molecule has 0 aliphatic carbocycles. The highest BCUT2D eigenvalue weighted by atomic mass is 16.5. The molecule has 88 valence electrons. The van der Waals surface area contributed by atoms with E-state index in [1.165, 1.54) is 0 Å². The topological polar surface area (TPSA) is 49.8 Å². The van der Waals surface area contributed by atoms with E-state index >= 15 is 0 Å². The van der Waals surface area contributed by atoms with Gasteiger partial charge in [0.05, 0.1) is 18.1 Å². The maximum atomic E-state index is 11.1. The Morgan fingerprint density at radius 3 is 2.80 bits per heavy atom. The maximum absolute atomic E-state index is 11.1. The minimum absolute atomic E-state index is 0.216. The first-order chi connectivity index (χ1) is 6.98. The van der Waals surface area contributed by atoms with Crippen LogP contribution in [0.2, 0.25) is 0 Å². The Morgan fingerprint density at radius 2 is 2.33 bits per heavy atom. The van der Waals surface area contributed by atoms with Crippen LogP contribution < -0.4 is 0 Å². The van der Waals surface area contributed by atoms with Crippen molar-refractivity contribution in [2.24, 2.45) is 5.41 Å². The lowest BCUT2D eigenvalue weighted by molar-refractivity contribution is -0.150. The van der Waals surface area contributed by atoms with Gasteiger partial charge >= 0.3 is 5.97 Å². The number of hydrogen-bond acceptors (Lipinski definition) is 3. The first-order valence-electron chi connectivity index (χ1n) is 5.55. The van der Waals surface area contributed by atoms with E-state index < -0.39 is 11.4 Å². The third-order valence-electron chi connectivity index (χ3n) is 3.19. The number of ether oxygens (including phenoxy) is 1. The van der Waals surface area contributed by atoms with Crippen molar-refractivity contribution in [2.45, 2.75) is 33.3 Å². The molecule has 1 aliphatic heterocycles. The number of carbonyl (C=O) groups is 1. The van der Waals surface area contributed by atoms with Gasteiger partial charge in [-0.25, -0.2) is 0 Å². The van der Waals surface area contributed by atoms with Gasteiger partial charge in [-0.15, -0.1) is 0 Å². The van der Waals surface area contributed by atoms with Crippen LogP contribution in [0.1, 0.15) is 27.2 Å². The number of nitrogens with zero attached hydrogens (tertiary/aromatic N) is 1. The molecule has 1 saturated heterocycles. The molecule has 1 fully saturated rings. The van der Waals surface area contributed by atoms with E-state index in [1.807, 2.05) is 20.8 Å². The van der Waals surface area contributed by atoms with Crippen LogP contribution in [0.4, 0.5) is 0 Å². The predicted octanol–water partition coefficient (Wildman–Crippen LogP) is 1.21. The monoisotopic (exact) mass is 215 g/mol. The normalized spacial score (nSPS) is 27.3. The van der Waals surface area contributed by atoms with E-state index in [-0.39, 0.29) is 6.10 Å². The molecule has 1 heterocycles. The van der Waals surface area contributed by atoms with Gasteiger partial charge in [0.15, 0.2) is 0 Å². The highest BCUT2D eigenvalue weighted by molar-refractivity contribution is 5.74. The Balaban J connectivity index is 2.54. The van der Waals surface area contributed by atoms with Gasteiger partial charge in [-0.05, 0) is 20.3 Å². The van der Waals surface area contributed by atoms with Gasteiger partial charge in [-0.1, -0.05) is 6.92 Å². The number of carboxylic acid groups (broad SMARTS) is 1. The van der Waals surface area contributed by atoms with Gasteiger partial charge in [0.1, 0.15) is 0 Å². The standard InChI is InChI=1S/C11H21NO3/c1-4-11(3,10(13)14)8-12-5-6-15-9(2)7-12/h9H,4-8H2,1-3H3,(H,13,14). The zero-order valence-electron chi connectivity index (χ0n) is 9.82. The van der Waals surface area contributed by atoms with Crippen LogP contribution in [-0.4, -0.2) is 48.3 Å². The number of aliphatic carboxylic acids is 1. The second-order valence-corrected chi connectivity index (χ2v) is 4.64. The van der Waals surface area contributed by atoms with Crippen LogP contribution in [0, 0.1) is 5.41 Å². The van der Waals surface area contributed by atoms with E-state index in [0.29, 0.717) is 19.6 Å². The SMILES string of the molecule is CCC(C)(CN1CCOC(C)C1)C(=O)O. The van der Waals surface area contributed by atoms with E-state index in [1.54, 1.807) is 0 Å². The van der Waals surface area contributed by atoms with Crippen molar-refractivity contribution < 1.29 is 14.6 Å². The largest absolute Gasteiger partial charge is 0.481 e. The molecule has 0 saturated carbocycles. The average Bonchev–Trinajstić information content (AvgIpc) is 2.17. The van der Waals surface area contributed by atoms with Crippen LogP contribution >= 0.6 is 0 Å². The van der Waals surface area contributed by atoms with Gasteiger partial charge in [0, 0.05) is 19.6 Å². The second kappa shape index (κ2) is 4.94. The smallest absolute Gasteiger partial charge is 0.310 e. The molecule has 0 spiro atoms. The summed E-state index contributed by atoms with van der Waals surface area (Å²) >= 11 is 0. The van der Waals surface area contributed by atoms with Crippen LogP contribution in [0.25, 0.3) is 0 Å². The van der Waals surface area contributed by atoms with Crippen molar-refractivity contribution in [3.8, 4) is 0 Å². The Kier molecular flexibility index (Phi) is 4.11. The molecule has 1 N–H and O–H groups in total. The first kappa shape index (κ1) is 12.5. The third-order valence-corrected chi connectivity index (χ3v) is 3.19. The molecule has 15 heavy (non-hydrogen) atoms. The average molecular weight is 215 g/mol. The molecule has 4 heteroatoms. The minimum atomic E-state index is -0.704. The Bertz CT molecular complexity index is 232. The zero-order valence-corrected chi connectivity index (χ0v) is 9.82. The van der Waals surface area contributed by atoms with Gasteiger partial charge in [-0.2, -0.15) is 0 Å². The van der Waals surface area contributed by atoms with Crippen molar-refractivity contribution in [3.63, 3.8) is 0 Å².